The number of rotatable bonds is 10. The molecule has 0 bridgehead atoms. The molecule has 0 saturated carbocycles. The van der Waals surface area contributed by atoms with E-state index in [9.17, 15) is 13.2 Å². The molecule has 1 heterocycles. The number of amides is 1. The van der Waals surface area contributed by atoms with Gasteiger partial charge in [-0.15, -0.1) is 0 Å². The maximum absolute atomic E-state index is 12.5. The van der Waals surface area contributed by atoms with E-state index in [2.05, 4.69) is 22.3 Å². The number of morpholine rings is 1. The van der Waals surface area contributed by atoms with Gasteiger partial charge in [0.15, 0.2) is 0 Å². The van der Waals surface area contributed by atoms with Crippen LogP contribution < -0.4 is 14.4 Å². The van der Waals surface area contributed by atoms with Crippen LogP contribution in [-0.4, -0.2) is 64.4 Å². The number of nitrogens with zero attached hydrogens (tertiary/aromatic N) is 2. The van der Waals surface area contributed by atoms with E-state index in [1.54, 1.807) is 24.3 Å². The number of carbonyl (C=O) groups excluding carboxylic acids is 1. The Kier molecular flexibility index (Phi) is 8.71. The largest absolute Gasteiger partial charge is 0.491 e. The van der Waals surface area contributed by atoms with Gasteiger partial charge in [-0.3, -0.25) is 14.0 Å². The molecule has 0 aromatic heterocycles. The lowest BCUT2D eigenvalue weighted by molar-refractivity contribution is -0.119. The van der Waals surface area contributed by atoms with Crippen LogP contribution in [0.5, 0.6) is 5.75 Å². The molecule has 0 aliphatic carbocycles. The predicted molar refractivity (Wildman–Crippen MR) is 129 cm³/mol. The summed E-state index contributed by atoms with van der Waals surface area (Å²) in [5.41, 5.74) is 2.58. The van der Waals surface area contributed by atoms with Gasteiger partial charge < -0.3 is 14.8 Å². The van der Waals surface area contributed by atoms with E-state index >= 15 is 0 Å². The molecule has 3 rings (SSSR count). The summed E-state index contributed by atoms with van der Waals surface area (Å²) in [5.74, 6) is 0.268. The van der Waals surface area contributed by atoms with Crippen LogP contribution in [0.25, 0.3) is 0 Å². The standard InChI is InChI=1S/C24H33N3O5S/c1-19(2)32-23-10-8-22(9-11-23)27(33(3,29)30)18-24(28)25-16-20-4-6-21(7-5-20)17-26-12-14-31-15-13-26/h4-11,19H,12-18H2,1-3H3,(H,25,28). The number of carbonyl (C=O) groups is 1. The third-order valence-corrected chi connectivity index (χ3v) is 6.35. The SMILES string of the molecule is CC(C)Oc1ccc(N(CC(=O)NCc2ccc(CN3CCOCC3)cc2)S(C)(=O)=O)cc1. The molecule has 1 fully saturated rings. The zero-order valence-corrected chi connectivity index (χ0v) is 20.3. The second kappa shape index (κ2) is 11.5. The monoisotopic (exact) mass is 475 g/mol. The van der Waals surface area contributed by atoms with Crippen LogP contribution in [0.15, 0.2) is 48.5 Å². The first-order chi connectivity index (χ1) is 15.7. The van der Waals surface area contributed by atoms with Gasteiger partial charge in [0.25, 0.3) is 0 Å². The highest BCUT2D eigenvalue weighted by Gasteiger charge is 2.21. The molecule has 1 saturated heterocycles. The third kappa shape index (κ3) is 8.03. The Hall–Kier alpha value is -2.62. The fourth-order valence-electron chi connectivity index (χ4n) is 3.53. The molecule has 180 valence electrons. The highest BCUT2D eigenvalue weighted by molar-refractivity contribution is 7.92. The Bertz CT molecular complexity index is 1000. The number of anilines is 1. The summed E-state index contributed by atoms with van der Waals surface area (Å²) in [4.78, 5) is 14.9. The van der Waals surface area contributed by atoms with Crippen molar-refractivity contribution in [3.05, 3.63) is 59.7 Å². The van der Waals surface area contributed by atoms with Gasteiger partial charge in [0.2, 0.25) is 15.9 Å². The van der Waals surface area contributed by atoms with E-state index in [1.807, 2.05) is 26.0 Å². The second-order valence-electron chi connectivity index (χ2n) is 8.41. The molecule has 2 aromatic carbocycles. The Morgan fingerprint density at radius 2 is 1.67 bits per heavy atom. The van der Waals surface area contributed by atoms with Crippen LogP contribution in [0, 0.1) is 0 Å². The van der Waals surface area contributed by atoms with E-state index in [0.717, 1.165) is 49.0 Å². The van der Waals surface area contributed by atoms with Gasteiger partial charge in [0.1, 0.15) is 12.3 Å². The Morgan fingerprint density at radius 3 is 2.24 bits per heavy atom. The average molecular weight is 476 g/mol. The van der Waals surface area contributed by atoms with Crippen LogP contribution in [0.3, 0.4) is 0 Å². The van der Waals surface area contributed by atoms with Gasteiger partial charge in [0, 0.05) is 26.2 Å². The van der Waals surface area contributed by atoms with E-state index in [-0.39, 0.29) is 18.6 Å². The van der Waals surface area contributed by atoms with Gasteiger partial charge in [-0.05, 0) is 49.2 Å². The van der Waals surface area contributed by atoms with Crippen molar-refractivity contribution in [2.75, 3.05) is 43.4 Å². The van der Waals surface area contributed by atoms with E-state index in [4.69, 9.17) is 9.47 Å². The molecule has 1 amide bonds. The maximum Gasteiger partial charge on any atom is 0.241 e. The first kappa shape index (κ1) is 25.0. The molecule has 33 heavy (non-hydrogen) atoms. The molecule has 1 aliphatic rings. The lowest BCUT2D eigenvalue weighted by atomic mass is 10.1. The van der Waals surface area contributed by atoms with Gasteiger partial charge >= 0.3 is 0 Å². The average Bonchev–Trinajstić information content (AvgIpc) is 2.77. The normalized spacial score (nSPS) is 14.8. The highest BCUT2D eigenvalue weighted by Crippen LogP contribution is 2.22. The van der Waals surface area contributed by atoms with Crippen LogP contribution in [0.2, 0.25) is 0 Å². The van der Waals surface area contributed by atoms with Crippen molar-refractivity contribution in [1.29, 1.82) is 0 Å². The fourth-order valence-corrected chi connectivity index (χ4v) is 4.39. The van der Waals surface area contributed by atoms with Crippen molar-refractivity contribution >= 4 is 21.6 Å². The van der Waals surface area contributed by atoms with Gasteiger partial charge in [-0.1, -0.05) is 24.3 Å². The quantitative estimate of drug-likeness (QED) is 0.568. The zero-order chi connectivity index (χ0) is 23.8. The summed E-state index contributed by atoms with van der Waals surface area (Å²) >= 11 is 0. The molecule has 0 spiro atoms. The Balaban J connectivity index is 1.55. The van der Waals surface area contributed by atoms with Gasteiger partial charge in [0.05, 0.1) is 31.3 Å². The number of nitrogens with one attached hydrogen (secondary N) is 1. The molecule has 9 heteroatoms. The second-order valence-corrected chi connectivity index (χ2v) is 10.3. The molecule has 1 aliphatic heterocycles. The summed E-state index contributed by atoms with van der Waals surface area (Å²) in [5, 5.41) is 2.81. The predicted octanol–water partition coefficient (Wildman–Crippen LogP) is 2.39. The summed E-state index contributed by atoms with van der Waals surface area (Å²) in [6.07, 6.45) is 1.10. The minimum atomic E-state index is -3.63. The molecule has 8 nitrogen and oxygen atoms in total. The maximum atomic E-state index is 12.5. The van der Waals surface area contributed by atoms with Gasteiger partial charge in [-0.2, -0.15) is 0 Å². The van der Waals surface area contributed by atoms with Crippen LogP contribution in [0.4, 0.5) is 5.69 Å². The van der Waals surface area contributed by atoms with Crippen molar-refractivity contribution < 1.29 is 22.7 Å². The van der Waals surface area contributed by atoms with Crippen molar-refractivity contribution in [2.24, 2.45) is 0 Å². The van der Waals surface area contributed by atoms with E-state index < -0.39 is 10.0 Å². The molecule has 1 N–H and O–H groups in total. The first-order valence-electron chi connectivity index (χ1n) is 11.1. The van der Waals surface area contributed by atoms with E-state index in [1.165, 1.54) is 5.56 Å². The minimum absolute atomic E-state index is 0.0149. The number of ether oxygens (including phenoxy) is 2. The van der Waals surface area contributed by atoms with Crippen molar-refractivity contribution in [3.63, 3.8) is 0 Å². The van der Waals surface area contributed by atoms with Crippen molar-refractivity contribution in [1.82, 2.24) is 10.2 Å². The number of hydrogen-bond acceptors (Lipinski definition) is 6. The molecule has 0 atom stereocenters. The highest BCUT2D eigenvalue weighted by atomic mass is 32.2. The molecular formula is C24H33N3O5S. The third-order valence-electron chi connectivity index (χ3n) is 5.21. The molecule has 0 unspecified atom stereocenters. The lowest BCUT2D eigenvalue weighted by Crippen LogP contribution is -2.40. The Labute approximate surface area is 196 Å². The zero-order valence-electron chi connectivity index (χ0n) is 19.5. The lowest BCUT2D eigenvalue weighted by Gasteiger charge is -2.26. The summed E-state index contributed by atoms with van der Waals surface area (Å²) in [7, 11) is -3.63. The van der Waals surface area contributed by atoms with Crippen LogP contribution in [-0.2, 0) is 32.6 Å². The van der Waals surface area contributed by atoms with Crippen molar-refractivity contribution in [2.45, 2.75) is 33.0 Å². The topological polar surface area (TPSA) is 88.2 Å². The number of benzene rings is 2. The number of hydrogen-bond donors (Lipinski definition) is 1. The minimum Gasteiger partial charge on any atom is -0.491 e. The number of sulfonamides is 1. The summed E-state index contributed by atoms with van der Waals surface area (Å²) in [6, 6.07) is 14.8. The molecular weight excluding hydrogens is 442 g/mol. The smallest absolute Gasteiger partial charge is 0.241 e. The van der Waals surface area contributed by atoms with Crippen LogP contribution in [0.1, 0.15) is 25.0 Å². The first-order valence-corrected chi connectivity index (χ1v) is 12.9. The Morgan fingerprint density at radius 1 is 1.06 bits per heavy atom. The van der Waals surface area contributed by atoms with Gasteiger partial charge in [-0.25, -0.2) is 8.42 Å². The molecule has 2 aromatic rings. The molecule has 0 radical (unpaired) electrons. The van der Waals surface area contributed by atoms with E-state index in [0.29, 0.717) is 18.0 Å². The fraction of sp³-hybridized carbons (Fsp3) is 0.458. The summed E-state index contributed by atoms with van der Waals surface area (Å²) < 4.78 is 36.7. The van der Waals surface area contributed by atoms with Crippen molar-refractivity contribution in [3.8, 4) is 5.75 Å². The summed E-state index contributed by atoms with van der Waals surface area (Å²) in [6.45, 7) is 8.14. The van der Waals surface area contributed by atoms with Crippen LogP contribution >= 0.6 is 0 Å².